The van der Waals surface area contributed by atoms with Crippen molar-refractivity contribution in [2.24, 2.45) is 5.73 Å². The molecule has 64 valence electrons. The summed E-state index contributed by atoms with van der Waals surface area (Å²) in [6, 6.07) is 8.48. The lowest BCUT2D eigenvalue weighted by Gasteiger charge is -2.06. The molecule has 2 nitrogen and oxygen atoms in total. The van der Waals surface area contributed by atoms with Crippen LogP contribution in [0.15, 0.2) is 24.3 Å². The molecule has 0 aromatic heterocycles. The summed E-state index contributed by atoms with van der Waals surface area (Å²) in [6.07, 6.45) is 1.09. The van der Waals surface area contributed by atoms with Crippen LogP contribution in [-0.4, -0.2) is 13.1 Å². The fourth-order valence-corrected chi connectivity index (χ4v) is 1.82. The summed E-state index contributed by atoms with van der Waals surface area (Å²) in [4.78, 5) is 0. The van der Waals surface area contributed by atoms with E-state index in [1.807, 2.05) is 0 Å². The number of hydrogen-bond donors (Lipinski definition) is 2. The van der Waals surface area contributed by atoms with Crippen molar-refractivity contribution in [3.8, 4) is 0 Å². The van der Waals surface area contributed by atoms with Crippen molar-refractivity contribution in [3.05, 3.63) is 29.8 Å². The van der Waals surface area contributed by atoms with Gasteiger partial charge in [-0.15, -0.1) is 0 Å². The molecule has 1 aromatic carbocycles. The summed E-state index contributed by atoms with van der Waals surface area (Å²) in [5.74, 6) is 0.631. The van der Waals surface area contributed by atoms with Crippen molar-refractivity contribution in [2.75, 3.05) is 18.4 Å². The molecular formula is C10H14N2. The van der Waals surface area contributed by atoms with E-state index in [1.165, 1.54) is 11.3 Å². The summed E-state index contributed by atoms with van der Waals surface area (Å²) in [5.41, 5.74) is 8.26. The van der Waals surface area contributed by atoms with Gasteiger partial charge >= 0.3 is 0 Å². The van der Waals surface area contributed by atoms with E-state index in [-0.39, 0.29) is 0 Å². The number of anilines is 1. The highest BCUT2D eigenvalue weighted by Gasteiger charge is 2.19. The fraction of sp³-hybridized carbons (Fsp3) is 0.400. The third-order valence-electron chi connectivity index (χ3n) is 2.45. The van der Waals surface area contributed by atoms with Crippen molar-refractivity contribution in [1.29, 1.82) is 0 Å². The van der Waals surface area contributed by atoms with Gasteiger partial charge in [0.05, 0.1) is 0 Å². The summed E-state index contributed by atoms with van der Waals surface area (Å²) < 4.78 is 0. The standard InChI is InChI=1S/C10H14N2/c11-6-5-8-7-12-10-4-2-1-3-9(8)10/h1-4,8,12H,5-7,11H2/t8-/m1/s1. The van der Waals surface area contributed by atoms with E-state index >= 15 is 0 Å². The number of benzene rings is 1. The van der Waals surface area contributed by atoms with Gasteiger partial charge < -0.3 is 11.1 Å². The zero-order chi connectivity index (χ0) is 8.39. The molecule has 3 N–H and O–H groups in total. The maximum atomic E-state index is 5.54. The van der Waals surface area contributed by atoms with Crippen molar-refractivity contribution in [3.63, 3.8) is 0 Å². The van der Waals surface area contributed by atoms with Gasteiger partial charge in [-0.2, -0.15) is 0 Å². The van der Waals surface area contributed by atoms with Crippen LogP contribution in [-0.2, 0) is 0 Å². The van der Waals surface area contributed by atoms with Crippen LogP contribution in [0.25, 0.3) is 0 Å². The number of fused-ring (bicyclic) bond motifs is 1. The highest BCUT2D eigenvalue weighted by Crippen LogP contribution is 2.32. The van der Waals surface area contributed by atoms with Gasteiger partial charge in [-0.1, -0.05) is 18.2 Å². The Kier molecular flexibility index (Phi) is 2.00. The molecule has 0 aliphatic carbocycles. The minimum atomic E-state index is 0.631. The number of para-hydroxylation sites is 1. The minimum Gasteiger partial charge on any atom is -0.384 e. The largest absolute Gasteiger partial charge is 0.384 e. The quantitative estimate of drug-likeness (QED) is 0.692. The van der Waals surface area contributed by atoms with Crippen LogP contribution in [0.3, 0.4) is 0 Å². The van der Waals surface area contributed by atoms with Gasteiger partial charge in [-0.25, -0.2) is 0 Å². The molecule has 1 atom stereocenters. The Balaban J connectivity index is 2.24. The number of nitrogens with two attached hydrogens (primary N) is 1. The number of hydrogen-bond acceptors (Lipinski definition) is 2. The molecule has 1 aromatic rings. The number of rotatable bonds is 2. The van der Waals surface area contributed by atoms with E-state index in [2.05, 4.69) is 29.6 Å². The average molecular weight is 162 g/mol. The van der Waals surface area contributed by atoms with E-state index in [0.29, 0.717) is 5.92 Å². The lowest BCUT2D eigenvalue weighted by molar-refractivity contribution is 0.686. The minimum absolute atomic E-state index is 0.631. The smallest absolute Gasteiger partial charge is 0.0376 e. The zero-order valence-electron chi connectivity index (χ0n) is 7.09. The van der Waals surface area contributed by atoms with Crippen LogP contribution in [0, 0.1) is 0 Å². The first-order chi connectivity index (χ1) is 5.92. The van der Waals surface area contributed by atoms with Gasteiger partial charge in [0.25, 0.3) is 0 Å². The lowest BCUT2D eigenvalue weighted by Crippen LogP contribution is -2.08. The summed E-state index contributed by atoms with van der Waals surface area (Å²) >= 11 is 0. The SMILES string of the molecule is NCC[C@@H]1CNc2ccccc21. The molecule has 0 bridgehead atoms. The van der Waals surface area contributed by atoms with Crippen LogP contribution < -0.4 is 11.1 Å². The highest BCUT2D eigenvalue weighted by molar-refractivity contribution is 5.57. The Morgan fingerprint density at radius 2 is 2.25 bits per heavy atom. The summed E-state index contributed by atoms with van der Waals surface area (Å²) in [6.45, 7) is 1.83. The molecule has 1 aliphatic rings. The fourth-order valence-electron chi connectivity index (χ4n) is 1.82. The molecule has 2 rings (SSSR count). The summed E-state index contributed by atoms with van der Waals surface area (Å²) in [5, 5.41) is 3.38. The Labute approximate surface area is 72.8 Å². The number of nitrogens with one attached hydrogen (secondary N) is 1. The average Bonchev–Trinajstić information content (AvgIpc) is 2.50. The van der Waals surface area contributed by atoms with Crippen LogP contribution in [0.2, 0.25) is 0 Å². The predicted molar refractivity (Wildman–Crippen MR) is 51.3 cm³/mol. The Hall–Kier alpha value is -1.02. The van der Waals surface area contributed by atoms with Gasteiger partial charge in [0.2, 0.25) is 0 Å². The normalized spacial score (nSPS) is 20.2. The third kappa shape index (κ3) is 1.18. The second-order valence-corrected chi connectivity index (χ2v) is 3.24. The first-order valence-corrected chi connectivity index (χ1v) is 4.44. The summed E-state index contributed by atoms with van der Waals surface area (Å²) in [7, 11) is 0. The molecule has 0 amide bonds. The topological polar surface area (TPSA) is 38.0 Å². The van der Waals surface area contributed by atoms with Gasteiger partial charge in [0.15, 0.2) is 0 Å². The Bertz CT molecular complexity index is 268. The van der Waals surface area contributed by atoms with Crippen LogP contribution in [0.4, 0.5) is 5.69 Å². The Morgan fingerprint density at radius 1 is 1.42 bits per heavy atom. The molecule has 0 saturated heterocycles. The molecule has 0 saturated carbocycles. The van der Waals surface area contributed by atoms with Gasteiger partial charge in [-0.3, -0.25) is 0 Å². The van der Waals surface area contributed by atoms with E-state index in [4.69, 9.17) is 5.73 Å². The maximum absolute atomic E-state index is 5.54. The van der Waals surface area contributed by atoms with Crippen LogP contribution in [0.5, 0.6) is 0 Å². The molecular weight excluding hydrogens is 148 g/mol. The molecule has 0 unspecified atom stereocenters. The molecule has 0 radical (unpaired) electrons. The van der Waals surface area contributed by atoms with E-state index in [9.17, 15) is 0 Å². The van der Waals surface area contributed by atoms with Crippen molar-refractivity contribution in [2.45, 2.75) is 12.3 Å². The third-order valence-corrected chi connectivity index (χ3v) is 2.45. The molecule has 0 fully saturated rings. The van der Waals surface area contributed by atoms with Crippen molar-refractivity contribution >= 4 is 5.69 Å². The molecule has 0 spiro atoms. The van der Waals surface area contributed by atoms with Gasteiger partial charge in [0, 0.05) is 18.2 Å². The first kappa shape index (κ1) is 7.62. The second-order valence-electron chi connectivity index (χ2n) is 3.24. The van der Waals surface area contributed by atoms with Crippen LogP contribution >= 0.6 is 0 Å². The van der Waals surface area contributed by atoms with E-state index in [0.717, 1.165) is 19.5 Å². The molecule has 1 aliphatic heterocycles. The van der Waals surface area contributed by atoms with E-state index < -0.39 is 0 Å². The van der Waals surface area contributed by atoms with Crippen molar-refractivity contribution < 1.29 is 0 Å². The van der Waals surface area contributed by atoms with Crippen LogP contribution in [0.1, 0.15) is 17.9 Å². The second kappa shape index (κ2) is 3.15. The van der Waals surface area contributed by atoms with Crippen molar-refractivity contribution in [1.82, 2.24) is 0 Å². The van der Waals surface area contributed by atoms with E-state index in [1.54, 1.807) is 0 Å². The zero-order valence-corrected chi connectivity index (χ0v) is 7.09. The molecule has 1 heterocycles. The predicted octanol–water partition coefficient (Wildman–Crippen LogP) is 1.54. The van der Waals surface area contributed by atoms with Gasteiger partial charge in [-0.05, 0) is 24.6 Å². The maximum Gasteiger partial charge on any atom is 0.0376 e. The lowest BCUT2D eigenvalue weighted by atomic mass is 9.98. The first-order valence-electron chi connectivity index (χ1n) is 4.44. The highest BCUT2D eigenvalue weighted by atomic mass is 14.9. The Morgan fingerprint density at radius 3 is 3.08 bits per heavy atom. The molecule has 2 heteroatoms. The monoisotopic (exact) mass is 162 g/mol. The molecule has 12 heavy (non-hydrogen) atoms. The van der Waals surface area contributed by atoms with Gasteiger partial charge in [0.1, 0.15) is 0 Å².